The summed E-state index contributed by atoms with van der Waals surface area (Å²) in [6.07, 6.45) is 1.64. The van der Waals surface area contributed by atoms with Gasteiger partial charge in [0.1, 0.15) is 10.9 Å². The van der Waals surface area contributed by atoms with Crippen molar-refractivity contribution >= 4 is 51.4 Å². The van der Waals surface area contributed by atoms with Crippen LogP contribution in [0.1, 0.15) is 22.5 Å². The lowest BCUT2D eigenvalue weighted by Gasteiger charge is -2.20. The van der Waals surface area contributed by atoms with Crippen molar-refractivity contribution in [1.82, 2.24) is 9.58 Å². The molecule has 3 aromatic rings. The summed E-state index contributed by atoms with van der Waals surface area (Å²) in [5.41, 5.74) is 3.96. The second-order valence-electron chi connectivity index (χ2n) is 7.55. The minimum Gasteiger partial charge on any atom is -0.318 e. The van der Waals surface area contributed by atoms with Crippen molar-refractivity contribution in [3.8, 4) is 5.69 Å². The standard InChI is InChI=1S/C24H17ClFN5OS/c1-13-10-15(14(2)30(13)17-7-5-6-16(26)12-17)11-19-21(27)31-24(28-22(19)32)33-23(29-31)18-8-3-4-9-20(18)25/h3-12,27H,1-2H3/b19-11+,27-21?. The van der Waals surface area contributed by atoms with Gasteiger partial charge in [-0.3, -0.25) is 10.2 Å². The molecule has 9 heteroatoms. The first kappa shape index (κ1) is 21.4. The maximum Gasteiger partial charge on any atom is 0.283 e. The van der Waals surface area contributed by atoms with Gasteiger partial charge < -0.3 is 4.57 Å². The van der Waals surface area contributed by atoms with Gasteiger partial charge in [0.25, 0.3) is 5.91 Å². The molecule has 33 heavy (non-hydrogen) atoms. The Morgan fingerprint density at radius 2 is 1.91 bits per heavy atom. The van der Waals surface area contributed by atoms with E-state index in [0.29, 0.717) is 26.5 Å². The molecule has 3 heterocycles. The highest BCUT2D eigenvalue weighted by Crippen LogP contribution is 2.33. The van der Waals surface area contributed by atoms with Gasteiger partial charge in [0.2, 0.25) is 5.17 Å². The largest absolute Gasteiger partial charge is 0.318 e. The first-order valence-corrected chi connectivity index (χ1v) is 11.2. The SMILES string of the molecule is Cc1cc(/C=C2\C(=N)N3N=C(c4ccccc4Cl)SC3=NC2=O)c(C)n1-c1cccc(F)c1. The predicted molar refractivity (Wildman–Crippen MR) is 131 cm³/mol. The van der Waals surface area contributed by atoms with Gasteiger partial charge in [-0.15, -0.1) is 0 Å². The van der Waals surface area contributed by atoms with Crippen LogP contribution in [-0.2, 0) is 4.79 Å². The number of nitrogens with zero attached hydrogens (tertiary/aromatic N) is 4. The van der Waals surface area contributed by atoms with Crippen molar-refractivity contribution in [3.63, 3.8) is 0 Å². The first-order valence-electron chi connectivity index (χ1n) is 10.0. The van der Waals surface area contributed by atoms with E-state index in [9.17, 15) is 9.18 Å². The summed E-state index contributed by atoms with van der Waals surface area (Å²) in [4.78, 5) is 17.0. The topological polar surface area (TPSA) is 73.8 Å². The van der Waals surface area contributed by atoms with Gasteiger partial charge in [-0.25, -0.2) is 4.39 Å². The molecule has 0 bridgehead atoms. The van der Waals surface area contributed by atoms with Gasteiger partial charge in [-0.2, -0.15) is 15.1 Å². The number of thioether (sulfide) groups is 1. The number of carbonyl (C=O) groups excluding carboxylic acids is 1. The van der Waals surface area contributed by atoms with E-state index in [0.717, 1.165) is 17.0 Å². The molecule has 0 atom stereocenters. The summed E-state index contributed by atoms with van der Waals surface area (Å²) >= 11 is 7.49. The van der Waals surface area contributed by atoms with Crippen LogP contribution in [0, 0.1) is 25.1 Å². The molecule has 164 valence electrons. The Hall–Kier alpha value is -3.49. The highest BCUT2D eigenvalue weighted by Gasteiger charge is 2.36. The Morgan fingerprint density at radius 3 is 2.67 bits per heavy atom. The molecular weight excluding hydrogens is 461 g/mol. The monoisotopic (exact) mass is 477 g/mol. The molecule has 0 saturated heterocycles. The normalized spacial score (nSPS) is 16.8. The third-order valence-electron chi connectivity index (χ3n) is 5.40. The molecule has 1 aromatic heterocycles. The molecule has 0 aliphatic carbocycles. The smallest absolute Gasteiger partial charge is 0.283 e. The van der Waals surface area contributed by atoms with Crippen molar-refractivity contribution in [2.24, 2.45) is 10.1 Å². The summed E-state index contributed by atoms with van der Waals surface area (Å²) in [7, 11) is 0. The molecule has 0 unspecified atom stereocenters. The fraction of sp³-hybridized carbons (Fsp3) is 0.0833. The van der Waals surface area contributed by atoms with Crippen molar-refractivity contribution in [1.29, 1.82) is 5.41 Å². The number of aromatic nitrogens is 1. The number of carbonyl (C=O) groups is 1. The number of benzene rings is 2. The number of hydrogen-bond acceptors (Lipinski definition) is 4. The van der Waals surface area contributed by atoms with E-state index >= 15 is 0 Å². The number of amides is 1. The average Bonchev–Trinajstić information content (AvgIpc) is 3.32. The van der Waals surface area contributed by atoms with Crippen LogP contribution in [-0.4, -0.2) is 31.5 Å². The van der Waals surface area contributed by atoms with Crippen LogP contribution in [0.25, 0.3) is 11.8 Å². The number of fused-ring (bicyclic) bond motifs is 1. The van der Waals surface area contributed by atoms with Crippen LogP contribution in [0.3, 0.4) is 0 Å². The maximum atomic E-state index is 13.8. The maximum absolute atomic E-state index is 13.8. The number of hydrazone groups is 1. The van der Waals surface area contributed by atoms with E-state index in [1.54, 1.807) is 18.2 Å². The second kappa shape index (κ2) is 8.13. The van der Waals surface area contributed by atoms with Crippen molar-refractivity contribution < 1.29 is 9.18 Å². The predicted octanol–water partition coefficient (Wildman–Crippen LogP) is 5.55. The van der Waals surface area contributed by atoms with E-state index in [1.807, 2.05) is 48.7 Å². The molecule has 2 aliphatic rings. The number of aryl methyl sites for hydroxylation is 1. The molecule has 1 N–H and O–H groups in total. The minimum absolute atomic E-state index is 0.0601. The Morgan fingerprint density at radius 1 is 1.12 bits per heavy atom. The van der Waals surface area contributed by atoms with Gasteiger partial charge >= 0.3 is 0 Å². The Bertz CT molecular complexity index is 1440. The Kier molecular flexibility index (Phi) is 5.26. The first-order chi connectivity index (χ1) is 15.8. The van der Waals surface area contributed by atoms with Gasteiger partial charge in [-0.1, -0.05) is 35.9 Å². The number of aliphatic imine (C=N–C) groups is 1. The van der Waals surface area contributed by atoms with Crippen molar-refractivity contribution in [3.05, 3.63) is 93.5 Å². The fourth-order valence-electron chi connectivity index (χ4n) is 3.84. The Labute approximate surface area is 198 Å². The number of rotatable bonds is 3. The van der Waals surface area contributed by atoms with Gasteiger partial charge in [-0.05, 0) is 67.6 Å². The average molecular weight is 478 g/mol. The van der Waals surface area contributed by atoms with Crippen LogP contribution in [0.5, 0.6) is 0 Å². The third kappa shape index (κ3) is 3.71. The lowest BCUT2D eigenvalue weighted by molar-refractivity contribution is -0.114. The molecule has 5 rings (SSSR count). The van der Waals surface area contributed by atoms with Crippen LogP contribution >= 0.6 is 23.4 Å². The van der Waals surface area contributed by atoms with Crippen LogP contribution < -0.4 is 0 Å². The lowest BCUT2D eigenvalue weighted by Crippen LogP contribution is -2.35. The number of halogens is 2. The number of nitrogens with one attached hydrogen (secondary N) is 1. The molecule has 2 aliphatic heterocycles. The van der Waals surface area contributed by atoms with Crippen molar-refractivity contribution in [2.75, 3.05) is 0 Å². The van der Waals surface area contributed by atoms with Crippen LogP contribution in [0.2, 0.25) is 5.02 Å². The molecule has 0 saturated carbocycles. The van der Waals surface area contributed by atoms with Crippen LogP contribution in [0.15, 0.2) is 70.3 Å². The van der Waals surface area contributed by atoms with E-state index in [4.69, 9.17) is 17.0 Å². The zero-order chi connectivity index (χ0) is 23.3. The lowest BCUT2D eigenvalue weighted by atomic mass is 10.1. The highest BCUT2D eigenvalue weighted by atomic mass is 35.5. The molecule has 6 nitrogen and oxygen atoms in total. The second-order valence-corrected chi connectivity index (χ2v) is 8.91. The van der Waals surface area contributed by atoms with Crippen molar-refractivity contribution in [2.45, 2.75) is 13.8 Å². The zero-order valence-corrected chi connectivity index (χ0v) is 19.2. The molecular formula is C24H17ClFN5OS. The molecule has 0 spiro atoms. The molecule has 1 amide bonds. The molecule has 0 radical (unpaired) electrons. The third-order valence-corrected chi connectivity index (χ3v) is 6.67. The summed E-state index contributed by atoms with van der Waals surface area (Å²) in [6, 6.07) is 15.5. The molecule has 0 fully saturated rings. The minimum atomic E-state index is -0.509. The molecule has 2 aromatic carbocycles. The van der Waals surface area contributed by atoms with Gasteiger partial charge in [0, 0.05) is 22.6 Å². The highest BCUT2D eigenvalue weighted by molar-refractivity contribution is 8.27. The van der Waals surface area contributed by atoms with E-state index in [1.165, 1.54) is 28.9 Å². The quantitative estimate of drug-likeness (QED) is 0.502. The Balaban J connectivity index is 1.53. The number of amidine groups is 2. The fourth-order valence-corrected chi connectivity index (χ4v) is 5.05. The van der Waals surface area contributed by atoms with E-state index in [-0.39, 0.29) is 17.2 Å². The van der Waals surface area contributed by atoms with Gasteiger partial charge in [0.05, 0.1) is 10.6 Å². The number of hydrogen-bond donors (Lipinski definition) is 1. The van der Waals surface area contributed by atoms with E-state index in [2.05, 4.69) is 10.1 Å². The van der Waals surface area contributed by atoms with Gasteiger partial charge in [0.15, 0.2) is 5.84 Å². The summed E-state index contributed by atoms with van der Waals surface area (Å²) in [5, 5.41) is 15.9. The summed E-state index contributed by atoms with van der Waals surface area (Å²) in [6.45, 7) is 3.79. The summed E-state index contributed by atoms with van der Waals surface area (Å²) in [5.74, 6) is -0.898. The van der Waals surface area contributed by atoms with E-state index < -0.39 is 5.91 Å². The zero-order valence-electron chi connectivity index (χ0n) is 17.6. The van der Waals surface area contributed by atoms with Crippen LogP contribution in [0.4, 0.5) is 4.39 Å². The summed E-state index contributed by atoms with van der Waals surface area (Å²) < 4.78 is 15.7.